The third kappa shape index (κ3) is 5.83. The molecule has 0 saturated heterocycles. The molecule has 4 rings (SSSR count). The molecule has 1 N–H and O–H groups in total. The van der Waals surface area contributed by atoms with Crippen LogP contribution in [-0.4, -0.2) is 26.6 Å². The number of rotatable bonds is 7. The van der Waals surface area contributed by atoms with Crippen molar-refractivity contribution in [1.29, 1.82) is 0 Å². The summed E-state index contributed by atoms with van der Waals surface area (Å²) in [7, 11) is -4.55. The molecular formula is C28H27F4NO5S. The zero-order valence-electron chi connectivity index (χ0n) is 21.9. The number of ether oxygens (including phenoxy) is 2. The zero-order valence-corrected chi connectivity index (χ0v) is 22.7. The molecule has 0 spiro atoms. The maximum atomic E-state index is 13.9. The minimum atomic E-state index is -5.86. The molecular weight excluding hydrogens is 538 g/mol. The molecule has 0 atom stereocenters. The van der Waals surface area contributed by atoms with E-state index in [1.165, 1.54) is 25.3 Å². The van der Waals surface area contributed by atoms with Crippen LogP contribution in [-0.2, 0) is 16.7 Å². The highest BCUT2D eigenvalue weighted by Gasteiger charge is 2.48. The predicted molar refractivity (Wildman–Crippen MR) is 141 cm³/mol. The first-order chi connectivity index (χ1) is 18.1. The van der Waals surface area contributed by atoms with Crippen LogP contribution in [0.3, 0.4) is 0 Å². The summed E-state index contributed by atoms with van der Waals surface area (Å²) in [5.41, 5.74) is -0.722. The van der Waals surface area contributed by atoms with Crippen LogP contribution in [0, 0.1) is 12.7 Å². The topological polar surface area (TPSA) is 73.9 Å². The average molecular weight is 566 g/mol. The standard InChI is InChI=1S/C28H27F4NO5S/c1-16-6-7-18(29)12-24(16)37-15-22-20(10-11-23-26(22)17(2)14-27(3,4)33-23)21-9-8-19(13-25(21)36-5)38-39(34,35)28(30,31)32/h6-14,33H,15H2,1-5H3. The molecule has 0 aromatic heterocycles. The zero-order chi connectivity index (χ0) is 28.8. The van der Waals surface area contributed by atoms with Gasteiger partial charge in [-0.1, -0.05) is 18.2 Å². The van der Waals surface area contributed by atoms with Crippen LogP contribution in [0.4, 0.5) is 23.2 Å². The first-order valence-corrected chi connectivity index (χ1v) is 13.2. The molecule has 1 heterocycles. The largest absolute Gasteiger partial charge is 0.534 e. The fourth-order valence-corrected chi connectivity index (χ4v) is 5.05. The first-order valence-electron chi connectivity index (χ1n) is 11.8. The summed E-state index contributed by atoms with van der Waals surface area (Å²) in [5.74, 6) is -0.564. The van der Waals surface area contributed by atoms with E-state index in [-0.39, 0.29) is 17.9 Å². The molecule has 208 valence electrons. The molecule has 0 fully saturated rings. The van der Waals surface area contributed by atoms with Crippen molar-refractivity contribution in [3.8, 4) is 28.4 Å². The van der Waals surface area contributed by atoms with Gasteiger partial charge in [0.05, 0.1) is 12.6 Å². The molecule has 0 unspecified atom stereocenters. The van der Waals surface area contributed by atoms with Crippen LogP contribution in [0.15, 0.2) is 54.6 Å². The lowest BCUT2D eigenvalue weighted by Gasteiger charge is -2.33. The number of fused-ring (bicyclic) bond motifs is 1. The van der Waals surface area contributed by atoms with Crippen molar-refractivity contribution in [3.05, 3.63) is 77.1 Å². The van der Waals surface area contributed by atoms with Crippen LogP contribution < -0.4 is 19.0 Å². The third-order valence-corrected chi connectivity index (χ3v) is 7.20. The maximum absolute atomic E-state index is 13.9. The molecule has 0 amide bonds. The molecule has 0 aliphatic carbocycles. The molecule has 3 aromatic rings. The molecule has 0 bridgehead atoms. The number of benzene rings is 3. The second-order valence-electron chi connectivity index (χ2n) is 9.73. The lowest BCUT2D eigenvalue weighted by Crippen LogP contribution is -2.32. The second-order valence-corrected chi connectivity index (χ2v) is 11.3. The summed E-state index contributed by atoms with van der Waals surface area (Å²) in [5, 5.41) is 3.47. The highest BCUT2D eigenvalue weighted by atomic mass is 32.2. The molecule has 6 nitrogen and oxygen atoms in total. The van der Waals surface area contributed by atoms with E-state index in [1.807, 2.05) is 32.9 Å². The molecule has 1 aliphatic rings. The predicted octanol–water partition coefficient (Wildman–Crippen LogP) is 7.22. The normalized spacial score (nSPS) is 14.6. The Kier molecular flexibility index (Phi) is 7.33. The lowest BCUT2D eigenvalue weighted by molar-refractivity contribution is -0.0500. The summed E-state index contributed by atoms with van der Waals surface area (Å²) < 4.78 is 91.2. The number of hydrogen-bond acceptors (Lipinski definition) is 6. The van der Waals surface area contributed by atoms with Crippen LogP contribution >= 0.6 is 0 Å². The Morgan fingerprint density at radius 3 is 2.31 bits per heavy atom. The van der Waals surface area contributed by atoms with Crippen LogP contribution in [0.1, 0.15) is 37.5 Å². The number of hydrogen-bond donors (Lipinski definition) is 1. The third-order valence-electron chi connectivity index (χ3n) is 6.22. The van der Waals surface area contributed by atoms with Gasteiger partial charge in [-0.2, -0.15) is 21.6 Å². The Morgan fingerprint density at radius 2 is 1.64 bits per heavy atom. The van der Waals surface area contributed by atoms with Crippen LogP contribution in [0.25, 0.3) is 16.7 Å². The number of nitrogens with one attached hydrogen (secondary N) is 1. The number of anilines is 1. The Morgan fingerprint density at radius 1 is 0.949 bits per heavy atom. The number of alkyl halides is 3. The van der Waals surface area contributed by atoms with Gasteiger partial charge in [0, 0.05) is 34.5 Å². The van der Waals surface area contributed by atoms with Crippen LogP contribution in [0.5, 0.6) is 17.2 Å². The van der Waals surface area contributed by atoms with Gasteiger partial charge in [0.15, 0.2) is 0 Å². The Hall–Kier alpha value is -3.73. The van der Waals surface area contributed by atoms with Crippen LogP contribution in [0.2, 0.25) is 0 Å². The van der Waals surface area contributed by atoms with E-state index in [0.717, 1.165) is 34.5 Å². The van der Waals surface area contributed by atoms with Crippen molar-refractivity contribution < 1.29 is 39.6 Å². The quantitative estimate of drug-likeness (QED) is 0.185. The van der Waals surface area contributed by atoms with Gasteiger partial charge in [0.2, 0.25) is 0 Å². The van der Waals surface area contributed by atoms with E-state index in [4.69, 9.17) is 9.47 Å². The second kappa shape index (κ2) is 10.1. The van der Waals surface area contributed by atoms with E-state index in [2.05, 4.69) is 15.6 Å². The van der Waals surface area contributed by atoms with E-state index in [1.54, 1.807) is 13.0 Å². The van der Waals surface area contributed by atoms with E-state index >= 15 is 0 Å². The van der Waals surface area contributed by atoms with Crippen molar-refractivity contribution in [1.82, 2.24) is 0 Å². The maximum Gasteiger partial charge on any atom is 0.534 e. The number of halogens is 4. The minimum Gasteiger partial charge on any atom is -0.496 e. The highest BCUT2D eigenvalue weighted by Crippen LogP contribution is 2.44. The summed E-state index contributed by atoms with van der Waals surface area (Å²) in [4.78, 5) is 0. The lowest BCUT2D eigenvalue weighted by atomic mass is 9.85. The van der Waals surface area contributed by atoms with Gasteiger partial charge < -0.3 is 19.0 Å². The number of aryl methyl sites for hydroxylation is 1. The van der Waals surface area contributed by atoms with Gasteiger partial charge in [0.25, 0.3) is 0 Å². The SMILES string of the molecule is COc1cc(OS(=O)(=O)C(F)(F)F)ccc1-c1ccc2c(c1COc1cc(F)ccc1C)C(C)=CC(C)(C)N2. The molecule has 0 radical (unpaired) electrons. The van der Waals surface area contributed by atoms with E-state index in [9.17, 15) is 26.0 Å². The van der Waals surface area contributed by atoms with Crippen molar-refractivity contribution in [2.45, 2.75) is 45.3 Å². The molecule has 1 aliphatic heterocycles. The summed E-state index contributed by atoms with van der Waals surface area (Å²) in [6, 6.07) is 11.5. The summed E-state index contributed by atoms with van der Waals surface area (Å²) in [6.45, 7) is 7.83. The van der Waals surface area contributed by atoms with Gasteiger partial charge in [0.1, 0.15) is 29.7 Å². The fourth-order valence-electron chi connectivity index (χ4n) is 4.60. The van der Waals surface area contributed by atoms with Gasteiger partial charge in [-0.3, -0.25) is 0 Å². The average Bonchev–Trinajstić information content (AvgIpc) is 2.82. The number of methoxy groups -OCH3 is 1. The molecule has 3 aromatic carbocycles. The Balaban J connectivity index is 1.84. The van der Waals surface area contributed by atoms with Gasteiger partial charge in [-0.05, 0) is 68.7 Å². The van der Waals surface area contributed by atoms with Crippen molar-refractivity contribution in [3.63, 3.8) is 0 Å². The van der Waals surface area contributed by atoms with E-state index in [0.29, 0.717) is 22.4 Å². The van der Waals surface area contributed by atoms with E-state index < -0.39 is 27.2 Å². The Labute approximate surface area is 224 Å². The monoisotopic (exact) mass is 565 g/mol. The summed E-state index contributed by atoms with van der Waals surface area (Å²) >= 11 is 0. The first kappa shape index (κ1) is 28.3. The smallest absolute Gasteiger partial charge is 0.496 e. The fraction of sp³-hybridized carbons (Fsp3) is 0.286. The van der Waals surface area contributed by atoms with Crippen molar-refractivity contribution in [2.24, 2.45) is 0 Å². The molecule has 11 heteroatoms. The Bertz CT molecular complexity index is 1560. The van der Waals surface area contributed by atoms with Gasteiger partial charge in [-0.15, -0.1) is 0 Å². The molecule has 0 saturated carbocycles. The molecule has 39 heavy (non-hydrogen) atoms. The summed E-state index contributed by atoms with van der Waals surface area (Å²) in [6.07, 6.45) is 2.06. The minimum absolute atomic E-state index is 0.0277. The number of allylic oxidation sites excluding steroid dienone is 1. The van der Waals surface area contributed by atoms with Crippen molar-refractivity contribution in [2.75, 3.05) is 12.4 Å². The van der Waals surface area contributed by atoms with Gasteiger partial charge in [-0.25, -0.2) is 4.39 Å². The van der Waals surface area contributed by atoms with Crippen molar-refractivity contribution >= 4 is 21.4 Å². The van der Waals surface area contributed by atoms with Gasteiger partial charge >= 0.3 is 15.6 Å². The highest BCUT2D eigenvalue weighted by molar-refractivity contribution is 7.88.